The third kappa shape index (κ3) is 4.00. The topological polar surface area (TPSA) is 48.4 Å². The van der Waals surface area contributed by atoms with Crippen LogP contribution in [0.1, 0.15) is 23.0 Å². The smallest absolute Gasteiger partial charge is 0.461 e. The Morgan fingerprint density at radius 2 is 2.11 bits per heavy atom. The molecule has 0 aromatic carbocycles. The number of halogens is 4. The van der Waals surface area contributed by atoms with Crippen molar-refractivity contribution >= 4 is 28.6 Å². The molecule has 0 atom stereocenters. The maximum Gasteiger partial charge on any atom is 0.574 e. The van der Waals surface area contributed by atoms with Crippen LogP contribution in [0, 0.1) is 10.5 Å². The Kier molecular flexibility index (Phi) is 4.77. The molecule has 1 rings (SSSR count). The van der Waals surface area contributed by atoms with Gasteiger partial charge in [0.15, 0.2) is 5.69 Å². The summed E-state index contributed by atoms with van der Waals surface area (Å²) in [6, 6.07) is 1.38. The molecule has 0 N–H and O–H groups in total. The lowest BCUT2D eigenvalue weighted by molar-refractivity contribution is -0.276. The summed E-state index contributed by atoms with van der Waals surface area (Å²) in [5.41, 5.74) is -0.00734. The van der Waals surface area contributed by atoms with Gasteiger partial charge in [-0.3, -0.25) is 0 Å². The second kappa shape index (κ2) is 5.72. The number of carbonyl (C=O) groups excluding carboxylic acids is 1. The number of aryl methyl sites for hydroxylation is 1. The van der Waals surface area contributed by atoms with Crippen LogP contribution in [0.15, 0.2) is 6.07 Å². The van der Waals surface area contributed by atoms with Crippen LogP contribution in [-0.2, 0) is 4.74 Å². The molecular weight excluding hydrogens is 366 g/mol. The number of hydrogen-bond acceptors (Lipinski definition) is 4. The van der Waals surface area contributed by atoms with E-state index in [0.29, 0.717) is 3.57 Å². The summed E-state index contributed by atoms with van der Waals surface area (Å²) in [4.78, 5) is 15.0. The molecule has 1 aromatic heterocycles. The average molecular weight is 375 g/mol. The molecule has 0 aliphatic heterocycles. The van der Waals surface area contributed by atoms with Crippen molar-refractivity contribution in [1.82, 2.24) is 4.98 Å². The molecule has 0 fully saturated rings. The molecule has 0 aliphatic rings. The second-order valence-corrected chi connectivity index (χ2v) is 4.37. The maximum absolute atomic E-state index is 12.1. The van der Waals surface area contributed by atoms with Crippen molar-refractivity contribution in [2.75, 3.05) is 6.61 Å². The lowest BCUT2D eigenvalue weighted by Gasteiger charge is -2.12. The fraction of sp³-hybridized carbons (Fsp3) is 0.400. The maximum atomic E-state index is 12.1. The van der Waals surface area contributed by atoms with Crippen LogP contribution in [0.2, 0.25) is 0 Å². The average Bonchev–Trinajstić information content (AvgIpc) is 2.20. The third-order valence-corrected chi connectivity index (χ3v) is 2.62. The van der Waals surface area contributed by atoms with Gasteiger partial charge in [-0.2, -0.15) is 0 Å². The first-order valence-electron chi connectivity index (χ1n) is 4.84. The molecule has 18 heavy (non-hydrogen) atoms. The van der Waals surface area contributed by atoms with Crippen molar-refractivity contribution in [3.63, 3.8) is 0 Å². The number of aromatic nitrogens is 1. The van der Waals surface area contributed by atoms with E-state index in [1.165, 1.54) is 13.0 Å². The second-order valence-electron chi connectivity index (χ2n) is 3.21. The molecule has 0 saturated heterocycles. The minimum Gasteiger partial charge on any atom is -0.461 e. The highest BCUT2D eigenvalue weighted by Gasteiger charge is 2.33. The van der Waals surface area contributed by atoms with Crippen molar-refractivity contribution in [3.05, 3.63) is 20.9 Å². The monoisotopic (exact) mass is 375 g/mol. The van der Waals surface area contributed by atoms with Crippen LogP contribution < -0.4 is 4.74 Å². The Labute approximate surface area is 115 Å². The Hall–Kier alpha value is -1.06. The summed E-state index contributed by atoms with van der Waals surface area (Å²) in [6.07, 6.45) is -4.85. The highest BCUT2D eigenvalue weighted by atomic mass is 127. The van der Waals surface area contributed by atoms with Crippen LogP contribution in [0.25, 0.3) is 0 Å². The van der Waals surface area contributed by atoms with Gasteiger partial charge < -0.3 is 9.47 Å². The molecule has 0 unspecified atom stereocenters. The van der Waals surface area contributed by atoms with Gasteiger partial charge in [-0.1, -0.05) is 0 Å². The summed E-state index contributed by atoms with van der Waals surface area (Å²) >= 11 is 1.79. The third-order valence-electron chi connectivity index (χ3n) is 1.80. The first-order chi connectivity index (χ1) is 8.24. The molecule has 8 heteroatoms. The van der Waals surface area contributed by atoms with Crippen molar-refractivity contribution in [3.8, 4) is 5.88 Å². The van der Waals surface area contributed by atoms with Crippen LogP contribution in [0.4, 0.5) is 13.2 Å². The number of rotatable bonds is 3. The first-order valence-corrected chi connectivity index (χ1v) is 5.92. The number of hydrogen-bond donors (Lipinski definition) is 0. The predicted molar refractivity (Wildman–Crippen MR) is 64.3 cm³/mol. The Morgan fingerprint density at radius 1 is 1.50 bits per heavy atom. The van der Waals surface area contributed by atoms with E-state index in [4.69, 9.17) is 4.74 Å². The van der Waals surface area contributed by atoms with Crippen LogP contribution in [0.3, 0.4) is 0 Å². The fourth-order valence-corrected chi connectivity index (χ4v) is 1.93. The molecule has 0 spiro atoms. The summed E-state index contributed by atoms with van der Waals surface area (Å²) < 4.78 is 45.2. The van der Waals surface area contributed by atoms with Crippen molar-refractivity contribution in [1.29, 1.82) is 0 Å². The van der Waals surface area contributed by atoms with E-state index in [2.05, 4.69) is 9.72 Å². The Balaban J connectivity index is 3.14. The lowest BCUT2D eigenvalue weighted by Crippen LogP contribution is -2.20. The molecule has 100 valence electrons. The normalized spacial score (nSPS) is 11.2. The van der Waals surface area contributed by atoms with E-state index in [-0.39, 0.29) is 17.9 Å². The molecule has 0 radical (unpaired) electrons. The minimum absolute atomic E-state index is 0.111. The van der Waals surface area contributed by atoms with E-state index >= 15 is 0 Å². The van der Waals surface area contributed by atoms with Gasteiger partial charge in [0.2, 0.25) is 5.88 Å². The predicted octanol–water partition coefficient (Wildman–Crippen LogP) is 3.07. The number of carbonyl (C=O) groups is 1. The van der Waals surface area contributed by atoms with Gasteiger partial charge in [-0.15, -0.1) is 13.2 Å². The largest absolute Gasteiger partial charge is 0.574 e. The van der Waals surface area contributed by atoms with Gasteiger partial charge in [0, 0.05) is 9.13 Å². The van der Waals surface area contributed by atoms with Gasteiger partial charge in [-0.05, 0) is 42.5 Å². The number of pyridine rings is 1. The van der Waals surface area contributed by atoms with Crippen molar-refractivity contribution in [2.45, 2.75) is 20.2 Å². The van der Waals surface area contributed by atoms with E-state index in [0.717, 1.165) is 0 Å². The first kappa shape index (κ1) is 15.0. The molecular formula is C10H9F3INO3. The molecule has 4 nitrogen and oxygen atoms in total. The number of esters is 1. The standard InChI is InChI=1S/C10H9F3INO3/c1-3-17-9(16)7-6(14)4-5(2)8(15-7)18-10(11,12)13/h4H,3H2,1-2H3. The van der Waals surface area contributed by atoms with E-state index < -0.39 is 18.2 Å². The van der Waals surface area contributed by atoms with Crippen molar-refractivity contribution in [2.24, 2.45) is 0 Å². The number of nitrogens with zero attached hydrogens (tertiary/aromatic N) is 1. The summed E-state index contributed by atoms with van der Waals surface area (Å²) in [5.74, 6) is -1.43. The molecule has 0 aliphatic carbocycles. The van der Waals surface area contributed by atoms with Crippen LogP contribution >= 0.6 is 22.6 Å². The quantitative estimate of drug-likeness (QED) is 0.602. The van der Waals surface area contributed by atoms with E-state index in [1.807, 2.05) is 0 Å². The number of alkyl halides is 3. The summed E-state index contributed by atoms with van der Waals surface area (Å²) in [6.45, 7) is 3.11. The molecule has 0 amide bonds. The van der Waals surface area contributed by atoms with Crippen LogP contribution in [0.5, 0.6) is 5.88 Å². The molecule has 0 bridgehead atoms. The molecule has 1 aromatic rings. The van der Waals surface area contributed by atoms with Gasteiger partial charge >= 0.3 is 12.3 Å². The summed E-state index contributed by atoms with van der Waals surface area (Å²) in [5, 5.41) is 0. The zero-order valence-electron chi connectivity index (χ0n) is 9.47. The van der Waals surface area contributed by atoms with Crippen molar-refractivity contribution < 1.29 is 27.4 Å². The van der Waals surface area contributed by atoms with Gasteiger partial charge in [0.1, 0.15) is 0 Å². The zero-order chi connectivity index (χ0) is 13.9. The van der Waals surface area contributed by atoms with Gasteiger partial charge in [0.25, 0.3) is 0 Å². The van der Waals surface area contributed by atoms with E-state index in [9.17, 15) is 18.0 Å². The Bertz CT molecular complexity index is 462. The highest BCUT2D eigenvalue weighted by Crippen LogP contribution is 2.26. The molecule has 0 saturated carbocycles. The van der Waals surface area contributed by atoms with Gasteiger partial charge in [0.05, 0.1) is 6.61 Å². The summed E-state index contributed by atoms with van der Waals surface area (Å²) in [7, 11) is 0. The highest BCUT2D eigenvalue weighted by molar-refractivity contribution is 14.1. The van der Waals surface area contributed by atoms with E-state index in [1.54, 1.807) is 29.5 Å². The van der Waals surface area contributed by atoms with Gasteiger partial charge in [-0.25, -0.2) is 9.78 Å². The molecule has 1 heterocycles. The SMILES string of the molecule is CCOC(=O)c1nc(OC(F)(F)F)c(C)cc1I. The van der Waals surface area contributed by atoms with Crippen LogP contribution in [-0.4, -0.2) is 23.9 Å². The number of ether oxygens (including phenoxy) is 2. The Morgan fingerprint density at radius 3 is 2.61 bits per heavy atom. The fourth-order valence-electron chi connectivity index (χ4n) is 1.12. The zero-order valence-corrected chi connectivity index (χ0v) is 11.6. The lowest BCUT2D eigenvalue weighted by atomic mass is 10.2. The minimum atomic E-state index is -4.85.